The van der Waals surface area contributed by atoms with Crippen LogP contribution in [0.15, 0.2) is 53.6 Å². The summed E-state index contributed by atoms with van der Waals surface area (Å²) < 4.78 is 15.6. The third kappa shape index (κ3) is 4.64. The number of rotatable bonds is 5. The van der Waals surface area contributed by atoms with E-state index in [1.54, 1.807) is 0 Å². The molecule has 0 spiro atoms. The van der Waals surface area contributed by atoms with Crippen LogP contribution in [0.4, 0.5) is 5.69 Å². The molecule has 2 aliphatic rings. The maximum absolute atomic E-state index is 13.5. The van der Waals surface area contributed by atoms with E-state index in [2.05, 4.69) is 40.2 Å². The van der Waals surface area contributed by atoms with Gasteiger partial charge < -0.3 is 14.8 Å². The molecule has 1 N–H and O–H groups in total. The summed E-state index contributed by atoms with van der Waals surface area (Å²) in [6, 6.07) is 12.9. The van der Waals surface area contributed by atoms with Gasteiger partial charge in [-0.2, -0.15) is 0 Å². The van der Waals surface area contributed by atoms with Crippen LogP contribution in [0.25, 0.3) is 10.8 Å². The van der Waals surface area contributed by atoms with Gasteiger partial charge in [-0.1, -0.05) is 31.7 Å². The molecule has 2 saturated heterocycles. The molecular weight excluding hydrogens is 378 g/mol. The Balaban J connectivity index is 1.47. The Morgan fingerprint density at radius 2 is 1.66 bits per heavy atom. The minimum Gasteiger partial charge on any atom is -0.593 e. The summed E-state index contributed by atoms with van der Waals surface area (Å²) in [6.45, 7) is 12.6. The average Bonchev–Trinajstić information content (AvgIpc) is 2.74. The Kier molecular flexibility index (Phi) is 6.50. The van der Waals surface area contributed by atoms with Crippen molar-refractivity contribution in [3.05, 3.63) is 48.7 Å². The highest BCUT2D eigenvalue weighted by Crippen LogP contribution is 2.33. The van der Waals surface area contributed by atoms with Gasteiger partial charge >= 0.3 is 0 Å². The lowest BCUT2D eigenvalue weighted by Gasteiger charge is -2.40. The molecular formula is C24H33N3OS. The highest BCUT2D eigenvalue weighted by Gasteiger charge is 2.33. The summed E-state index contributed by atoms with van der Waals surface area (Å²) in [5.74, 6) is 0.870. The molecule has 156 valence electrons. The second-order valence-electron chi connectivity index (χ2n) is 8.69. The van der Waals surface area contributed by atoms with Gasteiger partial charge in [-0.25, -0.2) is 0 Å². The molecule has 1 atom stereocenters. The number of anilines is 1. The van der Waals surface area contributed by atoms with Crippen molar-refractivity contribution in [1.82, 2.24) is 9.21 Å². The molecule has 2 aromatic carbocycles. The minimum atomic E-state index is -1.13. The third-order valence-corrected chi connectivity index (χ3v) is 7.98. The van der Waals surface area contributed by atoms with E-state index in [0.717, 1.165) is 58.9 Å². The lowest BCUT2D eigenvalue weighted by atomic mass is 9.95. The molecule has 1 unspecified atom stereocenters. The standard InChI is InChI=1S/C24H33N3OS/c1-18(2)25-23-8-9-24(22-7-5-4-6-21(22)23)29(28)27-16-12-20(13-17-27)26-14-10-19(3)11-15-26/h4-9,19-20,25H,1,10-17H2,2-3H3. The predicted octanol–water partition coefficient (Wildman–Crippen LogP) is 5.00. The first kappa shape index (κ1) is 20.7. The first-order valence-electron chi connectivity index (χ1n) is 10.9. The zero-order valence-electron chi connectivity index (χ0n) is 17.7. The summed E-state index contributed by atoms with van der Waals surface area (Å²) in [4.78, 5) is 3.59. The fourth-order valence-electron chi connectivity index (χ4n) is 4.67. The molecule has 29 heavy (non-hydrogen) atoms. The number of benzene rings is 2. The van der Waals surface area contributed by atoms with Crippen LogP contribution in [0.3, 0.4) is 0 Å². The zero-order chi connectivity index (χ0) is 20.4. The molecule has 2 fully saturated rings. The van der Waals surface area contributed by atoms with Crippen molar-refractivity contribution in [2.75, 3.05) is 31.5 Å². The number of piperidine rings is 2. The molecule has 0 aromatic heterocycles. The van der Waals surface area contributed by atoms with Crippen LogP contribution in [0.2, 0.25) is 0 Å². The van der Waals surface area contributed by atoms with Crippen molar-refractivity contribution >= 4 is 27.8 Å². The summed E-state index contributed by atoms with van der Waals surface area (Å²) in [7, 11) is 0. The van der Waals surface area contributed by atoms with Gasteiger partial charge in [-0.05, 0) is 69.8 Å². The van der Waals surface area contributed by atoms with Gasteiger partial charge in [0.05, 0.1) is 11.4 Å². The maximum Gasteiger partial charge on any atom is 0.182 e. The van der Waals surface area contributed by atoms with E-state index in [9.17, 15) is 4.55 Å². The van der Waals surface area contributed by atoms with E-state index in [4.69, 9.17) is 0 Å². The molecule has 0 saturated carbocycles. The van der Waals surface area contributed by atoms with Crippen LogP contribution in [0.5, 0.6) is 0 Å². The largest absolute Gasteiger partial charge is 0.593 e. The van der Waals surface area contributed by atoms with Crippen LogP contribution < -0.4 is 5.32 Å². The van der Waals surface area contributed by atoms with Crippen LogP contribution in [0, 0.1) is 5.92 Å². The summed E-state index contributed by atoms with van der Waals surface area (Å²) in [6.07, 6.45) is 4.88. The van der Waals surface area contributed by atoms with Crippen molar-refractivity contribution in [3.63, 3.8) is 0 Å². The van der Waals surface area contributed by atoms with Gasteiger partial charge in [0, 0.05) is 41.3 Å². The molecule has 0 aliphatic carbocycles. The molecule has 2 aromatic rings. The van der Waals surface area contributed by atoms with Gasteiger partial charge in [0.1, 0.15) is 0 Å². The van der Waals surface area contributed by atoms with E-state index < -0.39 is 11.4 Å². The molecule has 5 heteroatoms. The Morgan fingerprint density at radius 3 is 2.31 bits per heavy atom. The van der Waals surface area contributed by atoms with Crippen LogP contribution in [-0.2, 0) is 11.4 Å². The van der Waals surface area contributed by atoms with Gasteiger partial charge in [0.15, 0.2) is 4.90 Å². The lowest BCUT2D eigenvalue weighted by molar-refractivity contribution is 0.101. The van der Waals surface area contributed by atoms with Crippen LogP contribution in [-0.4, -0.2) is 46.0 Å². The Hall–Kier alpha value is -1.53. The van der Waals surface area contributed by atoms with Gasteiger partial charge in [-0.3, -0.25) is 0 Å². The monoisotopic (exact) mass is 411 g/mol. The maximum atomic E-state index is 13.5. The van der Waals surface area contributed by atoms with Crippen molar-refractivity contribution in [2.24, 2.45) is 5.92 Å². The lowest BCUT2D eigenvalue weighted by Crippen LogP contribution is -2.48. The van der Waals surface area contributed by atoms with Crippen molar-refractivity contribution in [2.45, 2.75) is 50.5 Å². The fraction of sp³-hybridized carbons (Fsp3) is 0.500. The van der Waals surface area contributed by atoms with E-state index in [0.29, 0.717) is 6.04 Å². The number of hydrogen-bond donors (Lipinski definition) is 1. The summed E-state index contributed by atoms with van der Waals surface area (Å²) in [5, 5.41) is 5.48. The number of allylic oxidation sites excluding steroid dienone is 1. The number of fused-ring (bicyclic) bond motifs is 1. The normalized spacial score (nSPS) is 21.3. The van der Waals surface area contributed by atoms with Crippen LogP contribution in [0.1, 0.15) is 39.5 Å². The molecule has 0 bridgehead atoms. The van der Waals surface area contributed by atoms with Crippen molar-refractivity contribution in [3.8, 4) is 0 Å². The smallest absolute Gasteiger partial charge is 0.182 e. The number of likely N-dealkylation sites (tertiary alicyclic amines) is 1. The van der Waals surface area contributed by atoms with E-state index in [1.807, 2.05) is 31.2 Å². The number of hydrogen-bond acceptors (Lipinski definition) is 4. The fourth-order valence-corrected chi connectivity index (χ4v) is 6.04. The molecule has 4 nitrogen and oxygen atoms in total. The van der Waals surface area contributed by atoms with E-state index in [1.165, 1.54) is 25.9 Å². The number of nitrogens with zero attached hydrogens (tertiary/aromatic N) is 2. The molecule has 2 heterocycles. The van der Waals surface area contributed by atoms with Crippen LogP contribution >= 0.6 is 0 Å². The highest BCUT2D eigenvalue weighted by atomic mass is 32.2. The zero-order valence-corrected chi connectivity index (χ0v) is 18.5. The van der Waals surface area contributed by atoms with Gasteiger partial charge in [0.2, 0.25) is 0 Å². The second kappa shape index (κ2) is 9.09. The van der Waals surface area contributed by atoms with E-state index >= 15 is 0 Å². The average molecular weight is 412 g/mol. The first-order chi connectivity index (χ1) is 14.0. The third-order valence-electron chi connectivity index (χ3n) is 6.41. The topological polar surface area (TPSA) is 41.6 Å². The molecule has 2 aliphatic heterocycles. The first-order valence-corrected chi connectivity index (χ1v) is 12.0. The second-order valence-corrected chi connectivity index (χ2v) is 10.1. The Bertz CT molecular complexity index is 854. The number of nitrogens with one attached hydrogen (secondary N) is 1. The van der Waals surface area contributed by atoms with Gasteiger partial charge in [0.25, 0.3) is 0 Å². The Labute approximate surface area is 178 Å². The predicted molar refractivity (Wildman–Crippen MR) is 123 cm³/mol. The quantitative estimate of drug-likeness (QED) is 0.703. The van der Waals surface area contributed by atoms with Crippen molar-refractivity contribution in [1.29, 1.82) is 0 Å². The van der Waals surface area contributed by atoms with Crippen molar-refractivity contribution < 1.29 is 4.55 Å². The Morgan fingerprint density at radius 1 is 1.00 bits per heavy atom. The van der Waals surface area contributed by atoms with Gasteiger partial charge in [-0.15, -0.1) is 4.31 Å². The summed E-state index contributed by atoms with van der Waals surface area (Å²) >= 11 is -1.13. The highest BCUT2D eigenvalue weighted by molar-refractivity contribution is 7.89. The summed E-state index contributed by atoms with van der Waals surface area (Å²) in [5.41, 5.74) is 1.92. The molecule has 4 rings (SSSR count). The van der Waals surface area contributed by atoms with E-state index in [-0.39, 0.29) is 0 Å². The molecule has 0 radical (unpaired) electrons. The SMILES string of the molecule is C=C(C)Nc1ccc([S+]([O-])N2CCC(N3CCC(C)CC3)CC2)c2ccccc12. The molecule has 0 amide bonds. The minimum absolute atomic E-state index is 0.662.